The van der Waals surface area contributed by atoms with Gasteiger partial charge in [0.15, 0.2) is 12.1 Å². The van der Waals surface area contributed by atoms with Gasteiger partial charge in [0.05, 0.1) is 6.54 Å². The molecule has 1 saturated heterocycles. The number of hydrogen-bond acceptors (Lipinski definition) is 4. The molecule has 180 valence electrons. The second-order valence-electron chi connectivity index (χ2n) is 8.97. The molecule has 35 heavy (non-hydrogen) atoms. The van der Waals surface area contributed by atoms with Crippen molar-refractivity contribution in [2.75, 3.05) is 5.32 Å². The van der Waals surface area contributed by atoms with Crippen molar-refractivity contribution in [2.24, 2.45) is 0 Å². The van der Waals surface area contributed by atoms with Crippen LogP contribution in [0.1, 0.15) is 47.0 Å². The zero-order valence-corrected chi connectivity index (χ0v) is 20.0. The Balaban J connectivity index is 1.54. The van der Waals surface area contributed by atoms with Gasteiger partial charge in [0.25, 0.3) is 5.91 Å². The maximum atomic E-state index is 13.1. The van der Waals surface area contributed by atoms with Gasteiger partial charge in [-0.25, -0.2) is 4.79 Å². The molecule has 0 unspecified atom stereocenters. The minimum atomic E-state index is -0.821. The van der Waals surface area contributed by atoms with E-state index in [1.165, 1.54) is 4.90 Å². The highest BCUT2D eigenvalue weighted by molar-refractivity contribution is 6.04. The van der Waals surface area contributed by atoms with Crippen molar-refractivity contribution in [2.45, 2.75) is 45.5 Å². The van der Waals surface area contributed by atoms with Crippen LogP contribution in [0.5, 0.6) is 0 Å². The fourth-order valence-electron chi connectivity index (χ4n) is 4.02. The standard InChI is InChI=1S/C28H29N3O4/c1-18(2)29-27(33)24-25(35-28(34)31(24)17-20-7-5-4-6-8-20)21-13-15-23(16-14-21)30-26(32)22-11-9-19(3)10-12-22/h4-16,18,24-25H,17H2,1-3H3,(H,29,33)(H,30,32)/t24-,25+/m0/s1. The molecule has 1 aliphatic heterocycles. The van der Waals surface area contributed by atoms with Gasteiger partial charge in [-0.3, -0.25) is 14.5 Å². The Hall–Kier alpha value is -4.13. The van der Waals surface area contributed by atoms with Crippen molar-refractivity contribution >= 4 is 23.6 Å². The Kier molecular flexibility index (Phi) is 7.15. The Morgan fingerprint density at radius 3 is 2.23 bits per heavy atom. The molecule has 3 aromatic rings. The SMILES string of the molecule is Cc1ccc(C(=O)Nc2ccc([C@H]3OC(=O)N(Cc4ccccc4)[C@@H]3C(=O)NC(C)C)cc2)cc1. The van der Waals surface area contributed by atoms with Gasteiger partial charge in [-0.15, -0.1) is 0 Å². The van der Waals surface area contributed by atoms with E-state index in [0.717, 1.165) is 11.1 Å². The first-order chi connectivity index (χ1) is 16.8. The minimum absolute atomic E-state index is 0.0863. The average molecular weight is 472 g/mol. The van der Waals surface area contributed by atoms with Gasteiger partial charge in [-0.1, -0.05) is 60.2 Å². The fraction of sp³-hybridized carbons (Fsp3) is 0.250. The molecule has 0 aromatic heterocycles. The lowest BCUT2D eigenvalue weighted by atomic mass is 10.00. The molecule has 2 atom stereocenters. The summed E-state index contributed by atoms with van der Waals surface area (Å²) < 4.78 is 5.69. The molecule has 3 aromatic carbocycles. The molecule has 3 amide bonds. The summed E-state index contributed by atoms with van der Waals surface area (Å²) in [6.45, 7) is 5.97. The Labute approximate surface area is 205 Å². The van der Waals surface area contributed by atoms with Gasteiger partial charge in [0.2, 0.25) is 5.91 Å². The summed E-state index contributed by atoms with van der Waals surface area (Å²) in [5, 5.41) is 5.78. The topological polar surface area (TPSA) is 87.7 Å². The highest BCUT2D eigenvalue weighted by Crippen LogP contribution is 2.34. The van der Waals surface area contributed by atoms with Crippen LogP contribution in [0.3, 0.4) is 0 Å². The maximum Gasteiger partial charge on any atom is 0.411 e. The van der Waals surface area contributed by atoms with Gasteiger partial charge >= 0.3 is 6.09 Å². The van der Waals surface area contributed by atoms with Gasteiger partial charge in [0.1, 0.15) is 0 Å². The molecule has 0 aliphatic carbocycles. The van der Waals surface area contributed by atoms with Crippen LogP contribution in [-0.4, -0.2) is 34.9 Å². The molecule has 0 bridgehead atoms. The van der Waals surface area contributed by atoms with E-state index in [2.05, 4.69) is 10.6 Å². The first kappa shape index (κ1) is 24.0. The predicted molar refractivity (Wildman–Crippen MR) is 134 cm³/mol. The van der Waals surface area contributed by atoms with Crippen molar-refractivity contribution in [1.29, 1.82) is 0 Å². The summed E-state index contributed by atoms with van der Waals surface area (Å²) in [5.74, 6) is -0.489. The van der Waals surface area contributed by atoms with Crippen LogP contribution >= 0.6 is 0 Å². The second kappa shape index (κ2) is 10.4. The van der Waals surface area contributed by atoms with Crippen molar-refractivity contribution in [3.8, 4) is 0 Å². The second-order valence-corrected chi connectivity index (χ2v) is 8.97. The molecule has 0 spiro atoms. The highest BCUT2D eigenvalue weighted by atomic mass is 16.6. The normalized spacial score (nSPS) is 17.3. The third kappa shape index (κ3) is 5.69. The number of amides is 3. The predicted octanol–water partition coefficient (Wildman–Crippen LogP) is 4.83. The minimum Gasteiger partial charge on any atom is -0.438 e. The monoisotopic (exact) mass is 471 g/mol. The van der Waals surface area contributed by atoms with Crippen LogP contribution in [0.25, 0.3) is 0 Å². The number of anilines is 1. The van der Waals surface area contributed by atoms with Crippen molar-refractivity contribution in [3.05, 3.63) is 101 Å². The number of cyclic esters (lactones) is 1. The number of benzene rings is 3. The zero-order chi connectivity index (χ0) is 24.9. The van der Waals surface area contributed by atoms with Crippen LogP contribution in [0.4, 0.5) is 10.5 Å². The molecule has 1 fully saturated rings. The molecule has 7 heteroatoms. The lowest BCUT2D eigenvalue weighted by Gasteiger charge is -2.25. The summed E-state index contributed by atoms with van der Waals surface area (Å²) in [7, 11) is 0. The molecule has 1 heterocycles. The van der Waals surface area contributed by atoms with E-state index in [1.54, 1.807) is 36.4 Å². The van der Waals surface area contributed by atoms with Crippen LogP contribution < -0.4 is 10.6 Å². The van der Waals surface area contributed by atoms with E-state index < -0.39 is 18.2 Å². The first-order valence-electron chi connectivity index (χ1n) is 11.6. The number of nitrogens with one attached hydrogen (secondary N) is 2. The van der Waals surface area contributed by atoms with Gasteiger partial charge in [-0.2, -0.15) is 0 Å². The zero-order valence-electron chi connectivity index (χ0n) is 20.0. The molecule has 1 aliphatic rings. The quantitative estimate of drug-likeness (QED) is 0.517. The van der Waals surface area contributed by atoms with Crippen LogP contribution in [-0.2, 0) is 16.1 Å². The van der Waals surface area contributed by atoms with Gasteiger partial charge < -0.3 is 15.4 Å². The van der Waals surface area contributed by atoms with Crippen LogP contribution in [0, 0.1) is 6.92 Å². The summed E-state index contributed by atoms with van der Waals surface area (Å²) in [6, 6.07) is 22.9. The maximum absolute atomic E-state index is 13.1. The lowest BCUT2D eigenvalue weighted by Crippen LogP contribution is -2.48. The van der Waals surface area contributed by atoms with E-state index in [4.69, 9.17) is 4.74 Å². The van der Waals surface area contributed by atoms with E-state index in [0.29, 0.717) is 16.8 Å². The van der Waals surface area contributed by atoms with Crippen molar-refractivity contribution in [1.82, 2.24) is 10.2 Å². The van der Waals surface area contributed by atoms with E-state index in [9.17, 15) is 14.4 Å². The lowest BCUT2D eigenvalue weighted by molar-refractivity contribution is -0.126. The number of rotatable bonds is 7. The van der Waals surface area contributed by atoms with Crippen molar-refractivity contribution < 1.29 is 19.1 Å². The van der Waals surface area contributed by atoms with Gasteiger partial charge in [0, 0.05) is 17.3 Å². The third-order valence-corrected chi connectivity index (χ3v) is 5.79. The highest BCUT2D eigenvalue weighted by Gasteiger charge is 2.47. The van der Waals surface area contributed by atoms with E-state index in [-0.39, 0.29) is 24.4 Å². The smallest absolute Gasteiger partial charge is 0.411 e. The number of nitrogens with zero attached hydrogens (tertiary/aromatic N) is 1. The van der Waals surface area contributed by atoms with Crippen LogP contribution in [0.2, 0.25) is 0 Å². The summed E-state index contributed by atoms with van der Waals surface area (Å²) in [6.07, 6.45) is -1.31. The van der Waals surface area contributed by atoms with Crippen LogP contribution in [0.15, 0.2) is 78.9 Å². The number of carbonyl (C=O) groups excluding carboxylic acids is 3. The largest absolute Gasteiger partial charge is 0.438 e. The summed E-state index contributed by atoms with van der Waals surface area (Å²) >= 11 is 0. The van der Waals surface area contributed by atoms with Crippen molar-refractivity contribution in [3.63, 3.8) is 0 Å². The van der Waals surface area contributed by atoms with Gasteiger partial charge in [-0.05, 0) is 56.2 Å². The molecule has 2 N–H and O–H groups in total. The average Bonchev–Trinajstić information content (AvgIpc) is 3.16. The molecular formula is C28H29N3O4. The number of aryl methyl sites for hydroxylation is 1. The molecule has 4 rings (SSSR count). The molecular weight excluding hydrogens is 442 g/mol. The first-order valence-corrected chi connectivity index (χ1v) is 11.6. The third-order valence-electron chi connectivity index (χ3n) is 5.79. The Morgan fingerprint density at radius 1 is 0.943 bits per heavy atom. The fourth-order valence-corrected chi connectivity index (χ4v) is 4.02. The van der Waals surface area contributed by atoms with E-state index in [1.807, 2.05) is 63.2 Å². The molecule has 7 nitrogen and oxygen atoms in total. The number of carbonyl (C=O) groups is 3. The Bertz CT molecular complexity index is 1190. The molecule has 0 saturated carbocycles. The summed E-state index contributed by atoms with van der Waals surface area (Å²) in [5.41, 5.74) is 3.82. The molecule has 0 radical (unpaired) electrons. The number of hydrogen-bond donors (Lipinski definition) is 2. The number of ether oxygens (including phenoxy) is 1. The Morgan fingerprint density at radius 2 is 1.60 bits per heavy atom. The van der Waals surface area contributed by atoms with E-state index >= 15 is 0 Å². The summed E-state index contributed by atoms with van der Waals surface area (Å²) in [4.78, 5) is 40.0.